The topological polar surface area (TPSA) is 66.9 Å². The van der Waals surface area contributed by atoms with Gasteiger partial charge in [0.25, 0.3) is 5.91 Å². The van der Waals surface area contributed by atoms with Crippen LogP contribution in [0.2, 0.25) is 0 Å². The SMILES string of the molecule is CC(C)c1ccc(Nc2nccc(C(=O)NCc3ccccc3F)n2)cc1. The second-order valence-corrected chi connectivity index (χ2v) is 6.44. The van der Waals surface area contributed by atoms with Crippen molar-refractivity contribution in [2.45, 2.75) is 26.3 Å². The van der Waals surface area contributed by atoms with Gasteiger partial charge in [0.05, 0.1) is 0 Å². The van der Waals surface area contributed by atoms with Gasteiger partial charge in [0.2, 0.25) is 5.95 Å². The minimum absolute atomic E-state index is 0.0922. The van der Waals surface area contributed by atoms with E-state index in [4.69, 9.17) is 0 Å². The molecule has 1 heterocycles. The first kappa shape index (κ1) is 18.5. The number of hydrogen-bond acceptors (Lipinski definition) is 4. The number of aromatic nitrogens is 2. The molecule has 0 bridgehead atoms. The highest BCUT2D eigenvalue weighted by Gasteiger charge is 2.10. The Morgan fingerprint density at radius 3 is 2.52 bits per heavy atom. The van der Waals surface area contributed by atoms with Crippen LogP contribution in [0.4, 0.5) is 16.0 Å². The van der Waals surface area contributed by atoms with Gasteiger partial charge in [-0.2, -0.15) is 0 Å². The van der Waals surface area contributed by atoms with Crippen molar-refractivity contribution >= 4 is 17.5 Å². The van der Waals surface area contributed by atoms with Crippen molar-refractivity contribution in [3.63, 3.8) is 0 Å². The molecule has 0 aliphatic heterocycles. The summed E-state index contributed by atoms with van der Waals surface area (Å²) in [5.74, 6) is 0.0363. The third kappa shape index (κ3) is 4.88. The number of amides is 1. The first-order chi connectivity index (χ1) is 13.0. The minimum Gasteiger partial charge on any atom is -0.347 e. The lowest BCUT2D eigenvalue weighted by atomic mass is 10.0. The van der Waals surface area contributed by atoms with Crippen LogP contribution >= 0.6 is 0 Å². The van der Waals surface area contributed by atoms with Crippen molar-refractivity contribution in [2.75, 3.05) is 5.32 Å². The molecule has 0 unspecified atom stereocenters. The summed E-state index contributed by atoms with van der Waals surface area (Å²) < 4.78 is 13.6. The summed E-state index contributed by atoms with van der Waals surface area (Å²) in [5, 5.41) is 5.76. The zero-order valence-corrected chi connectivity index (χ0v) is 15.2. The van der Waals surface area contributed by atoms with E-state index in [-0.39, 0.29) is 24.0 Å². The maximum absolute atomic E-state index is 13.6. The van der Waals surface area contributed by atoms with Gasteiger partial charge in [-0.1, -0.05) is 44.2 Å². The van der Waals surface area contributed by atoms with Gasteiger partial charge in [0.1, 0.15) is 11.5 Å². The van der Waals surface area contributed by atoms with Gasteiger partial charge in [-0.05, 0) is 35.7 Å². The van der Waals surface area contributed by atoms with Crippen LogP contribution in [0, 0.1) is 5.82 Å². The third-order valence-electron chi connectivity index (χ3n) is 4.12. The lowest BCUT2D eigenvalue weighted by Gasteiger charge is -2.09. The fourth-order valence-corrected chi connectivity index (χ4v) is 2.53. The number of anilines is 2. The fraction of sp³-hybridized carbons (Fsp3) is 0.190. The number of nitrogens with one attached hydrogen (secondary N) is 2. The molecule has 2 aromatic carbocycles. The molecule has 0 aliphatic carbocycles. The Kier molecular flexibility index (Phi) is 5.76. The maximum Gasteiger partial charge on any atom is 0.270 e. The van der Waals surface area contributed by atoms with Gasteiger partial charge in [-0.15, -0.1) is 0 Å². The van der Waals surface area contributed by atoms with Crippen molar-refractivity contribution in [2.24, 2.45) is 0 Å². The van der Waals surface area contributed by atoms with Crippen molar-refractivity contribution in [1.29, 1.82) is 0 Å². The molecule has 0 saturated carbocycles. The van der Waals surface area contributed by atoms with Crippen LogP contribution in [0.5, 0.6) is 0 Å². The van der Waals surface area contributed by atoms with Crippen molar-refractivity contribution in [3.8, 4) is 0 Å². The van der Waals surface area contributed by atoms with E-state index < -0.39 is 0 Å². The Hall–Kier alpha value is -3.28. The molecule has 0 atom stereocenters. The Morgan fingerprint density at radius 1 is 1.07 bits per heavy atom. The molecule has 0 saturated heterocycles. The standard InChI is InChI=1S/C21H21FN4O/c1-14(2)15-7-9-17(10-8-15)25-21-23-12-11-19(26-21)20(27)24-13-16-5-3-4-6-18(16)22/h3-12,14H,13H2,1-2H3,(H,24,27)(H,23,25,26). The van der Waals surface area contributed by atoms with E-state index in [1.807, 2.05) is 24.3 Å². The summed E-state index contributed by atoms with van der Waals surface area (Å²) >= 11 is 0. The molecule has 1 amide bonds. The van der Waals surface area contributed by atoms with E-state index in [0.29, 0.717) is 17.4 Å². The van der Waals surface area contributed by atoms with Crippen molar-refractivity contribution < 1.29 is 9.18 Å². The van der Waals surface area contributed by atoms with E-state index in [0.717, 1.165) is 5.69 Å². The van der Waals surface area contributed by atoms with Crippen LogP contribution in [0.15, 0.2) is 60.8 Å². The van der Waals surface area contributed by atoms with E-state index in [9.17, 15) is 9.18 Å². The van der Waals surface area contributed by atoms with Crippen LogP contribution in [-0.2, 0) is 6.54 Å². The van der Waals surface area contributed by atoms with Crippen LogP contribution in [0.25, 0.3) is 0 Å². The summed E-state index contributed by atoms with van der Waals surface area (Å²) in [4.78, 5) is 20.7. The summed E-state index contributed by atoms with van der Waals surface area (Å²) in [6.45, 7) is 4.36. The monoisotopic (exact) mass is 364 g/mol. The van der Waals surface area contributed by atoms with Crippen LogP contribution in [-0.4, -0.2) is 15.9 Å². The van der Waals surface area contributed by atoms with E-state index >= 15 is 0 Å². The number of hydrogen-bond donors (Lipinski definition) is 2. The molecule has 2 N–H and O–H groups in total. The molecular weight excluding hydrogens is 343 g/mol. The molecule has 0 aliphatic rings. The smallest absolute Gasteiger partial charge is 0.270 e. The van der Waals surface area contributed by atoms with E-state index in [1.165, 1.54) is 23.9 Å². The first-order valence-corrected chi connectivity index (χ1v) is 8.74. The zero-order chi connectivity index (χ0) is 19.2. The summed E-state index contributed by atoms with van der Waals surface area (Å²) in [7, 11) is 0. The number of nitrogens with zero attached hydrogens (tertiary/aromatic N) is 2. The van der Waals surface area contributed by atoms with Crippen molar-refractivity contribution in [3.05, 3.63) is 83.4 Å². The number of carbonyl (C=O) groups excluding carboxylic acids is 1. The van der Waals surface area contributed by atoms with Gasteiger partial charge in [-0.25, -0.2) is 14.4 Å². The molecule has 138 valence electrons. The lowest BCUT2D eigenvalue weighted by molar-refractivity contribution is 0.0945. The normalized spacial score (nSPS) is 10.7. The molecular formula is C21H21FN4O. The van der Waals surface area contributed by atoms with Gasteiger partial charge in [0, 0.05) is 24.0 Å². The maximum atomic E-state index is 13.6. The number of benzene rings is 2. The van der Waals surface area contributed by atoms with Crippen LogP contribution in [0.1, 0.15) is 41.4 Å². The average molecular weight is 364 g/mol. The highest BCUT2D eigenvalue weighted by atomic mass is 19.1. The molecule has 5 nitrogen and oxygen atoms in total. The second-order valence-electron chi connectivity index (χ2n) is 6.44. The van der Waals surface area contributed by atoms with Crippen molar-refractivity contribution in [1.82, 2.24) is 15.3 Å². The largest absolute Gasteiger partial charge is 0.347 e. The summed E-state index contributed by atoms with van der Waals surface area (Å²) in [6, 6.07) is 15.8. The predicted octanol–water partition coefficient (Wildman–Crippen LogP) is 4.41. The predicted molar refractivity (Wildman–Crippen MR) is 103 cm³/mol. The van der Waals surface area contributed by atoms with Gasteiger partial charge in [0.15, 0.2) is 0 Å². The fourth-order valence-electron chi connectivity index (χ4n) is 2.53. The Bertz CT molecular complexity index is 925. The van der Waals surface area contributed by atoms with E-state index in [2.05, 4.69) is 34.4 Å². The molecule has 0 spiro atoms. The quantitative estimate of drug-likeness (QED) is 0.680. The summed E-state index contributed by atoms with van der Waals surface area (Å²) in [6.07, 6.45) is 1.51. The highest BCUT2D eigenvalue weighted by molar-refractivity contribution is 5.92. The number of carbonyl (C=O) groups is 1. The minimum atomic E-state index is -0.390. The Balaban J connectivity index is 1.65. The molecule has 6 heteroatoms. The third-order valence-corrected chi connectivity index (χ3v) is 4.12. The van der Waals surface area contributed by atoms with E-state index in [1.54, 1.807) is 18.2 Å². The first-order valence-electron chi connectivity index (χ1n) is 8.74. The molecule has 1 aromatic heterocycles. The van der Waals surface area contributed by atoms with Gasteiger partial charge in [-0.3, -0.25) is 4.79 Å². The Morgan fingerprint density at radius 2 is 1.81 bits per heavy atom. The lowest BCUT2D eigenvalue weighted by Crippen LogP contribution is -2.24. The molecule has 0 fully saturated rings. The number of halogens is 1. The van der Waals surface area contributed by atoms with Crippen LogP contribution in [0.3, 0.4) is 0 Å². The van der Waals surface area contributed by atoms with Crippen LogP contribution < -0.4 is 10.6 Å². The average Bonchev–Trinajstić information content (AvgIpc) is 2.68. The Labute approximate surface area is 157 Å². The molecule has 0 radical (unpaired) electrons. The highest BCUT2D eigenvalue weighted by Crippen LogP contribution is 2.19. The second kappa shape index (κ2) is 8.40. The molecule has 27 heavy (non-hydrogen) atoms. The molecule has 3 aromatic rings. The number of rotatable bonds is 6. The zero-order valence-electron chi connectivity index (χ0n) is 15.2. The van der Waals surface area contributed by atoms with Gasteiger partial charge >= 0.3 is 0 Å². The summed E-state index contributed by atoms with van der Waals surface area (Å²) in [5.41, 5.74) is 2.71. The van der Waals surface area contributed by atoms with Gasteiger partial charge < -0.3 is 10.6 Å². The molecule has 3 rings (SSSR count).